The number of pyridine rings is 1. The summed E-state index contributed by atoms with van der Waals surface area (Å²) in [5.41, 5.74) is -1.82. The Morgan fingerprint density at radius 2 is 1.96 bits per heavy atom. The van der Waals surface area contributed by atoms with Gasteiger partial charge >= 0.3 is 12.1 Å². The molecule has 2 rings (SSSR count). The third-order valence-corrected chi connectivity index (χ3v) is 3.99. The Labute approximate surface area is 142 Å². The number of halogens is 3. The summed E-state index contributed by atoms with van der Waals surface area (Å²) in [5, 5.41) is 2.75. The standard InChI is InChI=1S/C16H19F3N2O4/c1-10(15(24)20-12-4-2-3-5-12)25-14(23)9-21-8-11(16(17,18)19)6-7-13(21)22/h6-8,10,12H,2-5,9H2,1H3,(H,20,24). The second kappa shape index (κ2) is 7.71. The monoisotopic (exact) mass is 360 g/mol. The summed E-state index contributed by atoms with van der Waals surface area (Å²) < 4.78 is 43.5. The van der Waals surface area contributed by atoms with Crippen molar-refractivity contribution < 1.29 is 27.5 Å². The van der Waals surface area contributed by atoms with Crippen LogP contribution >= 0.6 is 0 Å². The minimum absolute atomic E-state index is 0.0553. The maximum absolute atomic E-state index is 12.7. The van der Waals surface area contributed by atoms with Crippen molar-refractivity contribution in [1.82, 2.24) is 9.88 Å². The number of carbonyl (C=O) groups excluding carboxylic acids is 2. The second-order valence-corrected chi connectivity index (χ2v) is 6.00. The first-order valence-electron chi connectivity index (χ1n) is 7.94. The molecule has 1 aliphatic rings. The molecule has 0 radical (unpaired) electrons. The van der Waals surface area contributed by atoms with Crippen molar-refractivity contribution in [2.45, 2.75) is 57.5 Å². The maximum Gasteiger partial charge on any atom is 0.417 e. The Morgan fingerprint density at radius 3 is 2.56 bits per heavy atom. The lowest BCUT2D eigenvalue weighted by atomic mass is 10.2. The third-order valence-electron chi connectivity index (χ3n) is 3.99. The Balaban J connectivity index is 1.95. The number of aromatic nitrogens is 1. The quantitative estimate of drug-likeness (QED) is 0.813. The molecule has 1 N–H and O–H groups in total. The number of nitrogens with one attached hydrogen (secondary N) is 1. The summed E-state index contributed by atoms with van der Waals surface area (Å²) in [6.07, 6.45) is -1.39. The Morgan fingerprint density at radius 1 is 1.32 bits per heavy atom. The van der Waals surface area contributed by atoms with Crippen molar-refractivity contribution in [3.63, 3.8) is 0 Å². The van der Waals surface area contributed by atoms with E-state index < -0.39 is 41.8 Å². The lowest BCUT2D eigenvalue weighted by Crippen LogP contribution is -2.41. The van der Waals surface area contributed by atoms with E-state index in [0.717, 1.165) is 31.7 Å². The minimum atomic E-state index is -4.63. The molecule has 6 nitrogen and oxygen atoms in total. The summed E-state index contributed by atoms with van der Waals surface area (Å²) in [4.78, 5) is 35.4. The molecule has 1 atom stereocenters. The van der Waals surface area contributed by atoms with Crippen molar-refractivity contribution in [2.24, 2.45) is 0 Å². The van der Waals surface area contributed by atoms with Crippen molar-refractivity contribution in [2.75, 3.05) is 0 Å². The minimum Gasteiger partial charge on any atom is -0.451 e. The highest BCUT2D eigenvalue weighted by molar-refractivity contribution is 5.83. The fraction of sp³-hybridized carbons (Fsp3) is 0.562. The number of carbonyl (C=O) groups is 2. The lowest BCUT2D eigenvalue weighted by molar-refractivity contribution is -0.155. The van der Waals surface area contributed by atoms with E-state index in [-0.39, 0.29) is 6.04 Å². The van der Waals surface area contributed by atoms with E-state index in [9.17, 15) is 27.6 Å². The van der Waals surface area contributed by atoms with Crippen LogP contribution in [0.25, 0.3) is 0 Å². The van der Waals surface area contributed by atoms with Gasteiger partial charge in [-0.3, -0.25) is 14.4 Å². The van der Waals surface area contributed by atoms with Gasteiger partial charge in [-0.2, -0.15) is 13.2 Å². The molecular formula is C16H19F3N2O4. The summed E-state index contributed by atoms with van der Waals surface area (Å²) in [6, 6.07) is 1.42. The van der Waals surface area contributed by atoms with E-state index >= 15 is 0 Å². The predicted octanol–water partition coefficient (Wildman–Crippen LogP) is 1.86. The molecule has 0 saturated heterocycles. The SMILES string of the molecule is CC(OC(=O)Cn1cc(C(F)(F)F)ccc1=O)C(=O)NC1CCCC1. The first kappa shape index (κ1) is 19.0. The molecule has 1 heterocycles. The lowest BCUT2D eigenvalue weighted by Gasteiger charge is -2.17. The van der Waals surface area contributed by atoms with Gasteiger partial charge < -0.3 is 14.6 Å². The topological polar surface area (TPSA) is 77.4 Å². The molecule has 1 aromatic rings. The zero-order valence-corrected chi connectivity index (χ0v) is 13.6. The smallest absolute Gasteiger partial charge is 0.417 e. The van der Waals surface area contributed by atoms with Crippen LogP contribution in [0.3, 0.4) is 0 Å². The average Bonchev–Trinajstić information content (AvgIpc) is 3.01. The second-order valence-electron chi connectivity index (χ2n) is 6.00. The highest BCUT2D eigenvalue weighted by Gasteiger charge is 2.31. The summed E-state index contributed by atoms with van der Waals surface area (Å²) >= 11 is 0. The highest BCUT2D eigenvalue weighted by atomic mass is 19.4. The maximum atomic E-state index is 12.7. The average molecular weight is 360 g/mol. The van der Waals surface area contributed by atoms with E-state index in [1.54, 1.807) is 0 Å². The van der Waals surface area contributed by atoms with Gasteiger partial charge in [-0.1, -0.05) is 12.8 Å². The molecule has 25 heavy (non-hydrogen) atoms. The van der Waals surface area contributed by atoms with Gasteiger partial charge in [-0.05, 0) is 25.8 Å². The Bertz CT molecular complexity index is 693. The van der Waals surface area contributed by atoms with Gasteiger partial charge in [0.25, 0.3) is 11.5 Å². The largest absolute Gasteiger partial charge is 0.451 e. The van der Waals surface area contributed by atoms with Crippen LogP contribution in [0.5, 0.6) is 0 Å². The van der Waals surface area contributed by atoms with Crippen LogP contribution in [-0.4, -0.2) is 28.6 Å². The molecule has 1 unspecified atom stereocenters. The van der Waals surface area contributed by atoms with E-state index in [0.29, 0.717) is 16.8 Å². The number of ether oxygens (including phenoxy) is 1. The van der Waals surface area contributed by atoms with Gasteiger partial charge in [0.15, 0.2) is 6.10 Å². The summed E-state index contributed by atoms with van der Waals surface area (Å²) in [5.74, 6) is -1.42. The molecule has 1 amide bonds. The van der Waals surface area contributed by atoms with Gasteiger partial charge in [0, 0.05) is 18.3 Å². The molecule has 1 saturated carbocycles. The summed E-state index contributed by atoms with van der Waals surface area (Å²) in [6.45, 7) is 0.668. The first-order valence-corrected chi connectivity index (χ1v) is 7.94. The number of amides is 1. The van der Waals surface area contributed by atoms with Crippen molar-refractivity contribution in [3.8, 4) is 0 Å². The van der Waals surface area contributed by atoms with Crippen LogP contribution < -0.4 is 10.9 Å². The van der Waals surface area contributed by atoms with E-state index in [1.165, 1.54) is 6.92 Å². The van der Waals surface area contributed by atoms with Crippen molar-refractivity contribution in [1.29, 1.82) is 0 Å². The molecule has 1 aliphatic carbocycles. The predicted molar refractivity (Wildman–Crippen MR) is 81.7 cm³/mol. The van der Waals surface area contributed by atoms with Gasteiger partial charge in [-0.25, -0.2) is 0 Å². The molecular weight excluding hydrogens is 341 g/mol. The number of nitrogens with zero attached hydrogens (tertiary/aromatic N) is 1. The van der Waals surface area contributed by atoms with Crippen molar-refractivity contribution in [3.05, 3.63) is 34.2 Å². The molecule has 0 aromatic carbocycles. The molecule has 0 spiro atoms. The van der Waals surface area contributed by atoms with Crippen LogP contribution in [0.15, 0.2) is 23.1 Å². The normalized spacial score (nSPS) is 16.5. The van der Waals surface area contributed by atoms with E-state index in [2.05, 4.69) is 5.32 Å². The van der Waals surface area contributed by atoms with Crippen LogP contribution in [0, 0.1) is 0 Å². The summed E-state index contributed by atoms with van der Waals surface area (Å²) in [7, 11) is 0. The molecule has 1 aromatic heterocycles. The fourth-order valence-corrected chi connectivity index (χ4v) is 2.64. The van der Waals surface area contributed by atoms with Gasteiger partial charge in [0.1, 0.15) is 6.54 Å². The van der Waals surface area contributed by atoms with Crippen LogP contribution in [0.4, 0.5) is 13.2 Å². The molecule has 138 valence electrons. The van der Waals surface area contributed by atoms with Gasteiger partial charge in [-0.15, -0.1) is 0 Å². The van der Waals surface area contributed by atoms with E-state index in [4.69, 9.17) is 4.74 Å². The number of esters is 1. The third kappa shape index (κ3) is 5.33. The van der Waals surface area contributed by atoms with Gasteiger partial charge in [0.05, 0.1) is 5.56 Å². The fourth-order valence-electron chi connectivity index (χ4n) is 2.64. The van der Waals surface area contributed by atoms with Gasteiger partial charge in [0.2, 0.25) is 0 Å². The zero-order valence-electron chi connectivity index (χ0n) is 13.6. The number of alkyl halides is 3. The van der Waals surface area contributed by atoms with Crippen molar-refractivity contribution >= 4 is 11.9 Å². The highest BCUT2D eigenvalue weighted by Crippen LogP contribution is 2.28. The molecule has 0 bridgehead atoms. The van der Waals surface area contributed by atoms with Crippen LogP contribution in [-0.2, 0) is 27.0 Å². The molecule has 9 heteroatoms. The molecule has 0 aliphatic heterocycles. The Hall–Kier alpha value is -2.32. The number of rotatable bonds is 5. The Kier molecular flexibility index (Phi) is 5.86. The molecule has 1 fully saturated rings. The number of hydrogen-bond acceptors (Lipinski definition) is 4. The van der Waals surface area contributed by atoms with Crippen LogP contribution in [0.1, 0.15) is 38.2 Å². The number of hydrogen-bond donors (Lipinski definition) is 1. The van der Waals surface area contributed by atoms with Crippen LogP contribution in [0.2, 0.25) is 0 Å². The zero-order chi connectivity index (χ0) is 18.6. The first-order chi connectivity index (χ1) is 11.7. The van der Waals surface area contributed by atoms with E-state index in [1.807, 2.05) is 0 Å².